The smallest absolute Gasteiger partial charge is 0.259 e. The Balaban J connectivity index is 1.34. The fourth-order valence-corrected chi connectivity index (χ4v) is 3.49. The Morgan fingerprint density at radius 1 is 0.938 bits per heavy atom. The van der Waals surface area contributed by atoms with Gasteiger partial charge in [0.05, 0.1) is 0 Å². The number of benzene rings is 3. The number of nitrogens with zero attached hydrogens (tertiary/aromatic N) is 1. The Bertz CT molecular complexity index is 1200. The lowest BCUT2D eigenvalue weighted by molar-refractivity contribution is -0.121. The Hall–Kier alpha value is -4.26. The summed E-state index contributed by atoms with van der Waals surface area (Å²) < 4.78 is 13.3. The van der Waals surface area contributed by atoms with Crippen LogP contribution in [0.15, 0.2) is 79.4 Å². The van der Waals surface area contributed by atoms with Crippen molar-refractivity contribution in [1.29, 1.82) is 0 Å². The number of amides is 3. The van der Waals surface area contributed by atoms with Crippen molar-refractivity contribution in [3.8, 4) is 0 Å². The van der Waals surface area contributed by atoms with Crippen LogP contribution in [0.2, 0.25) is 0 Å². The minimum Gasteiger partial charge on any atom is -0.350 e. The molecule has 1 heterocycles. The highest BCUT2D eigenvalue weighted by Gasteiger charge is 2.31. The van der Waals surface area contributed by atoms with E-state index in [1.54, 1.807) is 42.5 Å². The molecule has 0 radical (unpaired) electrons. The molecule has 1 aliphatic rings. The van der Waals surface area contributed by atoms with Crippen LogP contribution in [0, 0.1) is 5.82 Å². The average molecular weight is 429 g/mol. The van der Waals surface area contributed by atoms with Gasteiger partial charge in [0.25, 0.3) is 11.8 Å². The zero-order valence-corrected chi connectivity index (χ0v) is 17.1. The van der Waals surface area contributed by atoms with Crippen molar-refractivity contribution in [2.45, 2.75) is 6.54 Å². The molecule has 4 rings (SSSR count). The number of hydrogen-bond donors (Lipinski definition) is 2. The highest BCUT2D eigenvalue weighted by molar-refractivity contribution is 6.10. The van der Waals surface area contributed by atoms with E-state index in [0.717, 1.165) is 17.2 Å². The summed E-state index contributed by atoms with van der Waals surface area (Å²) in [5.74, 6) is -1.50. The molecule has 0 bridgehead atoms. The van der Waals surface area contributed by atoms with Crippen molar-refractivity contribution in [3.63, 3.8) is 0 Å². The molecule has 0 atom stereocenters. The highest BCUT2D eigenvalue weighted by atomic mass is 19.1. The van der Waals surface area contributed by atoms with E-state index in [1.165, 1.54) is 23.1 Å². The summed E-state index contributed by atoms with van der Waals surface area (Å²) in [5.41, 5.74) is 3.25. The molecule has 0 aliphatic carbocycles. The highest BCUT2D eigenvalue weighted by Crippen LogP contribution is 2.30. The Morgan fingerprint density at radius 2 is 1.69 bits per heavy atom. The third-order valence-corrected chi connectivity index (χ3v) is 5.10. The van der Waals surface area contributed by atoms with E-state index in [9.17, 15) is 18.8 Å². The van der Waals surface area contributed by atoms with Crippen LogP contribution in [0.5, 0.6) is 0 Å². The van der Waals surface area contributed by atoms with Gasteiger partial charge in [-0.15, -0.1) is 0 Å². The van der Waals surface area contributed by atoms with Crippen LogP contribution in [0.3, 0.4) is 0 Å². The first-order chi connectivity index (χ1) is 15.4. The van der Waals surface area contributed by atoms with Crippen LogP contribution in [0.4, 0.5) is 10.1 Å². The van der Waals surface area contributed by atoms with Gasteiger partial charge in [0.1, 0.15) is 12.4 Å². The quantitative estimate of drug-likeness (QED) is 0.625. The number of carbonyl (C=O) groups excluding carboxylic acids is 3. The van der Waals surface area contributed by atoms with Crippen molar-refractivity contribution in [1.82, 2.24) is 10.2 Å². The average Bonchev–Trinajstić information content (AvgIpc) is 3.03. The van der Waals surface area contributed by atoms with Crippen LogP contribution in [0.1, 0.15) is 31.8 Å². The molecule has 3 aromatic rings. The maximum absolute atomic E-state index is 13.3. The molecule has 3 amide bonds. The zero-order valence-electron chi connectivity index (χ0n) is 17.1. The molecule has 32 heavy (non-hydrogen) atoms. The number of rotatable bonds is 6. The molecule has 6 nitrogen and oxygen atoms in total. The number of nitrogens with one attached hydrogen (secondary N) is 2. The molecule has 0 unspecified atom stereocenters. The molecular formula is C25H20FN3O3. The van der Waals surface area contributed by atoms with Gasteiger partial charge in [-0.25, -0.2) is 4.39 Å². The molecule has 2 N–H and O–H groups in total. The normalized spacial score (nSPS) is 12.5. The Labute approximate surface area is 184 Å². The standard InChI is InChI=1S/C25H20FN3O3/c1-16-21-10-2-3-11-22(21)25(32)29(16)15-23(30)27-14-17-6-4-9-20(12-17)28-24(31)18-7-5-8-19(26)13-18/h2-13H,1,14-15H2,(H,27,30)(H,28,31). The van der Waals surface area contributed by atoms with Gasteiger partial charge in [0.15, 0.2) is 0 Å². The Morgan fingerprint density at radius 3 is 2.44 bits per heavy atom. The second-order valence-corrected chi connectivity index (χ2v) is 7.33. The van der Waals surface area contributed by atoms with Crippen LogP contribution in [-0.4, -0.2) is 29.2 Å². The first-order valence-corrected chi connectivity index (χ1v) is 9.95. The van der Waals surface area contributed by atoms with E-state index in [-0.39, 0.29) is 30.5 Å². The summed E-state index contributed by atoms with van der Waals surface area (Å²) in [7, 11) is 0. The number of halogens is 1. The largest absolute Gasteiger partial charge is 0.350 e. The zero-order chi connectivity index (χ0) is 22.7. The molecule has 0 fully saturated rings. The van der Waals surface area contributed by atoms with Crippen molar-refractivity contribution in [3.05, 3.63) is 107 Å². The predicted octanol–water partition coefficient (Wildman–Crippen LogP) is 3.82. The van der Waals surface area contributed by atoms with Crippen LogP contribution in [0.25, 0.3) is 5.70 Å². The molecule has 0 saturated heterocycles. The van der Waals surface area contributed by atoms with E-state index in [4.69, 9.17) is 0 Å². The van der Waals surface area contributed by atoms with E-state index in [0.29, 0.717) is 16.9 Å². The van der Waals surface area contributed by atoms with E-state index >= 15 is 0 Å². The van der Waals surface area contributed by atoms with Gasteiger partial charge < -0.3 is 10.6 Å². The van der Waals surface area contributed by atoms with E-state index < -0.39 is 11.7 Å². The van der Waals surface area contributed by atoms with E-state index in [2.05, 4.69) is 17.2 Å². The number of carbonyl (C=O) groups is 3. The monoisotopic (exact) mass is 429 g/mol. The number of hydrogen-bond acceptors (Lipinski definition) is 3. The number of fused-ring (bicyclic) bond motifs is 1. The summed E-state index contributed by atoms with van der Waals surface area (Å²) in [6.45, 7) is 4.01. The first kappa shape index (κ1) is 21.0. The van der Waals surface area contributed by atoms with Gasteiger partial charge in [-0.05, 0) is 42.0 Å². The lowest BCUT2D eigenvalue weighted by Gasteiger charge is -2.17. The third-order valence-electron chi connectivity index (χ3n) is 5.10. The molecule has 3 aromatic carbocycles. The first-order valence-electron chi connectivity index (χ1n) is 9.95. The predicted molar refractivity (Wildman–Crippen MR) is 119 cm³/mol. The SMILES string of the molecule is C=C1c2ccccc2C(=O)N1CC(=O)NCc1cccc(NC(=O)c2cccc(F)c2)c1. The van der Waals surface area contributed by atoms with Crippen LogP contribution >= 0.6 is 0 Å². The number of anilines is 1. The van der Waals surface area contributed by atoms with E-state index in [1.807, 2.05) is 6.07 Å². The summed E-state index contributed by atoms with van der Waals surface area (Å²) in [6.07, 6.45) is 0. The maximum atomic E-state index is 13.3. The molecular weight excluding hydrogens is 409 g/mol. The van der Waals surface area contributed by atoms with Crippen LogP contribution < -0.4 is 10.6 Å². The molecule has 0 saturated carbocycles. The second-order valence-electron chi connectivity index (χ2n) is 7.33. The molecule has 1 aliphatic heterocycles. The lowest BCUT2D eigenvalue weighted by Crippen LogP contribution is -2.36. The summed E-state index contributed by atoms with van der Waals surface area (Å²) in [4.78, 5) is 38.6. The summed E-state index contributed by atoms with van der Waals surface area (Å²) in [5, 5.41) is 5.49. The van der Waals surface area contributed by atoms with Crippen molar-refractivity contribution >= 4 is 29.1 Å². The molecule has 160 valence electrons. The van der Waals surface area contributed by atoms with Gasteiger partial charge in [-0.3, -0.25) is 19.3 Å². The van der Waals surface area contributed by atoms with Crippen LogP contribution in [-0.2, 0) is 11.3 Å². The van der Waals surface area contributed by atoms with Gasteiger partial charge in [0, 0.05) is 34.6 Å². The van der Waals surface area contributed by atoms with Gasteiger partial charge in [-0.2, -0.15) is 0 Å². The summed E-state index contributed by atoms with van der Waals surface area (Å²) in [6, 6.07) is 19.5. The van der Waals surface area contributed by atoms with Gasteiger partial charge in [0.2, 0.25) is 5.91 Å². The van der Waals surface area contributed by atoms with Gasteiger partial charge >= 0.3 is 0 Å². The maximum Gasteiger partial charge on any atom is 0.259 e. The molecule has 0 spiro atoms. The minimum atomic E-state index is -0.489. The lowest BCUT2D eigenvalue weighted by atomic mass is 10.1. The molecule has 7 heteroatoms. The van der Waals surface area contributed by atoms with Crippen molar-refractivity contribution < 1.29 is 18.8 Å². The van der Waals surface area contributed by atoms with Gasteiger partial charge in [-0.1, -0.05) is 43.0 Å². The molecule has 0 aromatic heterocycles. The van der Waals surface area contributed by atoms with Crippen molar-refractivity contribution in [2.24, 2.45) is 0 Å². The second kappa shape index (κ2) is 8.85. The van der Waals surface area contributed by atoms with Crippen molar-refractivity contribution in [2.75, 3.05) is 11.9 Å². The minimum absolute atomic E-state index is 0.137. The Kier molecular flexibility index (Phi) is 5.81. The fourth-order valence-electron chi connectivity index (χ4n) is 3.49. The summed E-state index contributed by atoms with van der Waals surface area (Å²) >= 11 is 0. The topological polar surface area (TPSA) is 78.5 Å². The third kappa shape index (κ3) is 4.41. The fraction of sp³-hybridized carbons (Fsp3) is 0.0800.